The summed E-state index contributed by atoms with van der Waals surface area (Å²) >= 11 is 0. The summed E-state index contributed by atoms with van der Waals surface area (Å²) in [5.74, 6) is 0.439. The predicted octanol–water partition coefficient (Wildman–Crippen LogP) is 2.20. The Morgan fingerprint density at radius 1 is 0.955 bits per heavy atom. The SMILES string of the molecule is CC(C)C(=O)CCOCCN(C)C(=O)CCCN(C)C(C)C. The summed E-state index contributed by atoms with van der Waals surface area (Å²) in [6.45, 7) is 10.5. The van der Waals surface area contributed by atoms with E-state index >= 15 is 0 Å². The van der Waals surface area contributed by atoms with Crippen LogP contribution in [0.1, 0.15) is 47.0 Å². The molecule has 0 aliphatic carbocycles. The number of carbonyl (C=O) groups excluding carboxylic acids is 2. The van der Waals surface area contributed by atoms with E-state index in [0.29, 0.717) is 38.6 Å². The molecule has 0 atom stereocenters. The van der Waals surface area contributed by atoms with Crippen LogP contribution in [0.25, 0.3) is 0 Å². The highest BCUT2D eigenvalue weighted by Crippen LogP contribution is 2.01. The van der Waals surface area contributed by atoms with Crippen LogP contribution in [0, 0.1) is 5.92 Å². The highest BCUT2D eigenvalue weighted by molar-refractivity contribution is 5.80. The molecule has 0 bridgehead atoms. The van der Waals surface area contributed by atoms with E-state index in [1.165, 1.54) is 0 Å². The fourth-order valence-electron chi connectivity index (χ4n) is 1.82. The summed E-state index contributed by atoms with van der Waals surface area (Å²) in [6, 6.07) is 0.509. The number of carbonyl (C=O) groups is 2. The number of hydrogen-bond acceptors (Lipinski definition) is 4. The van der Waals surface area contributed by atoms with E-state index in [9.17, 15) is 9.59 Å². The van der Waals surface area contributed by atoms with Crippen LogP contribution in [0.15, 0.2) is 0 Å². The fraction of sp³-hybridized carbons (Fsp3) is 0.882. The third-order valence-corrected chi connectivity index (χ3v) is 3.92. The van der Waals surface area contributed by atoms with Crippen LogP contribution < -0.4 is 0 Å². The van der Waals surface area contributed by atoms with Gasteiger partial charge in [-0.25, -0.2) is 0 Å². The van der Waals surface area contributed by atoms with Gasteiger partial charge in [0, 0.05) is 38.4 Å². The predicted molar refractivity (Wildman–Crippen MR) is 89.9 cm³/mol. The van der Waals surface area contributed by atoms with Crippen LogP contribution >= 0.6 is 0 Å². The number of nitrogens with zero attached hydrogens (tertiary/aromatic N) is 2. The monoisotopic (exact) mass is 314 g/mol. The van der Waals surface area contributed by atoms with Crippen molar-refractivity contribution in [2.45, 2.75) is 53.0 Å². The summed E-state index contributed by atoms with van der Waals surface area (Å²) in [7, 11) is 3.88. The van der Waals surface area contributed by atoms with Crippen molar-refractivity contribution >= 4 is 11.7 Å². The lowest BCUT2D eigenvalue weighted by atomic mass is 10.1. The van der Waals surface area contributed by atoms with E-state index in [2.05, 4.69) is 25.8 Å². The molecule has 0 aliphatic rings. The maximum atomic E-state index is 12.0. The Morgan fingerprint density at radius 2 is 1.59 bits per heavy atom. The van der Waals surface area contributed by atoms with Gasteiger partial charge in [-0.2, -0.15) is 0 Å². The second-order valence-electron chi connectivity index (χ2n) is 6.48. The molecule has 0 spiro atoms. The average molecular weight is 314 g/mol. The minimum Gasteiger partial charge on any atom is -0.379 e. The van der Waals surface area contributed by atoms with Crippen LogP contribution in [0.5, 0.6) is 0 Å². The van der Waals surface area contributed by atoms with Gasteiger partial charge in [-0.05, 0) is 33.9 Å². The summed E-state index contributed by atoms with van der Waals surface area (Å²) in [4.78, 5) is 27.3. The first-order chi connectivity index (χ1) is 10.3. The van der Waals surface area contributed by atoms with Gasteiger partial charge in [-0.1, -0.05) is 13.8 Å². The molecule has 0 aromatic heterocycles. The zero-order valence-electron chi connectivity index (χ0n) is 15.2. The van der Waals surface area contributed by atoms with Crippen molar-refractivity contribution in [3.8, 4) is 0 Å². The van der Waals surface area contributed by atoms with Gasteiger partial charge < -0.3 is 14.5 Å². The van der Waals surface area contributed by atoms with Gasteiger partial charge >= 0.3 is 0 Å². The Bertz CT molecular complexity index is 330. The normalized spacial score (nSPS) is 11.5. The minimum absolute atomic E-state index is 0.0665. The minimum atomic E-state index is 0.0665. The van der Waals surface area contributed by atoms with Gasteiger partial charge in [0.25, 0.3) is 0 Å². The lowest BCUT2D eigenvalue weighted by molar-refractivity contribution is -0.131. The molecule has 22 heavy (non-hydrogen) atoms. The first-order valence-corrected chi connectivity index (χ1v) is 8.30. The van der Waals surface area contributed by atoms with E-state index in [-0.39, 0.29) is 17.6 Å². The smallest absolute Gasteiger partial charge is 0.222 e. The fourth-order valence-corrected chi connectivity index (χ4v) is 1.82. The standard InChI is InChI=1S/C17H34N2O3/c1-14(2)16(20)9-12-22-13-11-19(6)17(21)8-7-10-18(5)15(3)4/h14-15H,7-13H2,1-6H3. The lowest BCUT2D eigenvalue weighted by Crippen LogP contribution is -2.32. The van der Waals surface area contributed by atoms with Crippen LogP contribution in [-0.2, 0) is 14.3 Å². The largest absolute Gasteiger partial charge is 0.379 e. The molecular formula is C17H34N2O3. The number of ketones is 1. The first kappa shape index (κ1) is 21.1. The number of Topliss-reactive ketones (excluding diaryl/α,β-unsaturated/α-hetero) is 1. The van der Waals surface area contributed by atoms with Crippen molar-refractivity contribution in [2.75, 3.05) is 40.4 Å². The third-order valence-electron chi connectivity index (χ3n) is 3.92. The van der Waals surface area contributed by atoms with Gasteiger partial charge in [0.15, 0.2) is 0 Å². The van der Waals surface area contributed by atoms with Crippen molar-refractivity contribution in [1.82, 2.24) is 9.80 Å². The maximum absolute atomic E-state index is 12.0. The lowest BCUT2D eigenvalue weighted by Gasteiger charge is -2.22. The topological polar surface area (TPSA) is 49.9 Å². The first-order valence-electron chi connectivity index (χ1n) is 8.30. The molecule has 0 radical (unpaired) electrons. The van der Waals surface area contributed by atoms with Crippen molar-refractivity contribution in [1.29, 1.82) is 0 Å². The van der Waals surface area contributed by atoms with Crippen LogP contribution in [0.2, 0.25) is 0 Å². The Morgan fingerprint density at radius 3 is 2.14 bits per heavy atom. The molecule has 5 heteroatoms. The molecule has 130 valence electrons. The van der Waals surface area contributed by atoms with Gasteiger partial charge in [0.2, 0.25) is 5.91 Å². The van der Waals surface area contributed by atoms with E-state index < -0.39 is 0 Å². The van der Waals surface area contributed by atoms with E-state index in [1.807, 2.05) is 13.8 Å². The Hall–Kier alpha value is -0.940. The van der Waals surface area contributed by atoms with E-state index in [0.717, 1.165) is 13.0 Å². The number of rotatable bonds is 12. The second-order valence-corrected chi connectivity index (χ2v) is 6.48. The maximum Gasteiger partial charge on any atom is 0.222 e. The Kier molecular flexibility index (Phi) is 11.1. The molecule has 0 aromatic carbocycles. The molecule has 0 aliphatic heterocycles. The summed E-state index contributed by atoms with van der Waals surface area (Å²) in [5, 5.41) is 0. The molecule has 0 fully saturated rings. The molecule has 0 saturated heterocycles. The van der Waals surface area contributed by atoms with Crippen LogP contribution in [-0.4, -0.2) is 67.9 Å². The second kappa shape index (κ2) is 11.6. The van der Waals surface area contributed by atoms with Gasteiger partial charge in [0.05, 0.1) is 13.2 Å². The van der Waals surface area contributed by atoms with E-state index in [4.69, 9.17) is 4.74 Å². The molecular weight excluding hydrogens is 280 g/mol. The summed E-state index contributed by atoms with van der Waals surface area (Å²) in [6.07, 6.45) is 1.90. The van der Waals surface area contributed by atoms with Gasteiger partial charge in [-0.15, -0.1) is 0 Å². The molecule has 5 nitrogen and oxygen atoms in total. The van der Waals surface area contributed by atoms with Crippen LogP contribution in [0.3, 0.4) is 0 Å². The third kappa shape index (κ3) is 9.90. The zero-order valence-corrected chi connectivity index (χ0v) is 15.2. The Labute approximate surface area is 136 Å². The molecule has 0 saturated carbocycles. The Balaban J connectivity index is 3.68. The number of ether oxygens (including phenoxy) is 1. The molecule has 0 aromatic rings. The molecule has 0 heterocycles. The quantitative estimate of drug-likeness (QED) is 0.518. The molecule has 0 N–H and O–H groups in total. The van der Waals surface area contributed by atoms with Crippen molar-refractivity contribution in [3.05, 3.63) is 0 Å². The van der Waals surface area contributed by atoms with E-state index in [1.54, 1.807) is 11.9 Å². The van der Waals surface area contributed by atoms with Crippen molar-refractivity contribution in [3.63, 3.8) is 0 Å². The highest BCUT2D eigenvalue weighted by atomic mass is 16.5. The number of likely N-dealkylation sites (N-methyl/N-ethyl adjacent to an activating group) is 1. The molecule has 0 rings (SSSR count). The summed E-state index contributed by atoms with van der Waals surface area (Å²) < 4.78 is 5.43. The average Bonchev–Trinajstić information content (AvgIpc) is 2.45. The molecule has 0 unspecified atom stereocenters. The molecule has 1 amide bonds. The number of hydrogen-bond donors (Lipinski definition) is 0. The van der Waals surface area contributed by atoms with Gasteiger partial charge in [-0.3, -0.25) is 9.59 Å². The van der Waals surface area contributed by atoms with Gasteiger partial charge in [0.1, 0.15) is 5.78 Å². The highest BCUT2D eigenvalue weighted by Gasteiger charge is 2.10. The van der Waals surface area contributed by atoms with Crippen molar-refractivity contribution in [2.24, 2.45) is 5.92 Å². The van der Waals surface area contributed by atoms with Crippen molar-refractivity contribution < 1.29 is 14.3 Å². The number of amides is 1. The summed E-state index contributed by atoms with van der Waals surface area (Å²) in [5.41, 5.74) is 0. The van der Waals surface area contributed by atoms with Crippen LogP contribution in [0.4, 0.5) is 0 Å². The zero-order chi connectivity index (χ0) is 17.1.